The number of nitrogens with zero attached hydrogens (tertiary/aromatic N) is 2. The molecule has 0 aliphatic carbocycles. The van der Waals surface area contributed by atoms with E-state index in [1.807, 2.05) is 30.3 Å². The lowest BCUT2D eigenvalue weighted by molar-refractivity contribution is 0.0562. The van der Waals surface area contributed by atoms with Crippen molar-refractivity contribution in [3.8, 4) is 22.4 Å². The van der Waals surface area contributed by atoms with Gasteiger partial charge in [-0.15, -0.1) is 0 Å². The number of rotatable bonds is 6. The number of benzene rings is 2. The summed E-state index contributed by atoms with van der Waals surface area (Å²) in [5, 5.41) is 3.22. The molecule has 2 aromatic heterocycles. The Morgan fingerprint density at radius 1 is 1.00 bits per heavy atom. The van der Waals surface area contributed by atoms with Crippen LogP contribution in [-0.4, -0.2) is 31.1 Å². The normalized spacial score (nSPS) is 12.2. The summed E-state index contributed by atoms with van der Waals surface area (Å²) in [7, 11) is -4.17. The van der Waals surface area contributed by atoms with Gasteiger partial charge in [-0.25, -0.2) is 14.5 Å². The molecule has 0 fully saturated rings. The summed E-state index contributed by atoms with van der Waals surface area (Å²) in [5.74, 6) is -0.347. The van der Waals surface area contributed by atoms with Gasteiger partial charge in [-0.2, -0.15) is 8.42 Å². The van der Waals surface area contributed by atoms with E-state index in [-0.39, 0.29) is 17.6 Å². The molecule has 0 bridgehead atoms. The Balaban J connectivity index is 1.69. The van der Waals surface area contributed by atoms with Gasteiger partial charge < -0.3 is 9.15 Å². The smallest absolute Gasteiger partial charge is 0.414 e. The Hall–Kier alpha value is -3.86. The molecule has 0 saturated carbocycles. The first-order valence-corrected chi connectivity index (χ1v) is 14.3. The molecule has 208 valence electrons. The molecule has 4 aromatic rings. The molecule has 2 N–H and O–H groups in total. The van der Waals surface area contributed by atoms with Crippen molar-refractivity contribution in [2.75, 3.05) is 0 Å². The molecule has 0 atom stereocenters. The molecule has 0 saturated heterocycles. The average molecular weight is 602 g/mol. The fourth-order valence-corrected chi connectivity index (χ4v) is 4.71. The van der Waals surface area contributed by atoms with Gasteiger partial charge in [0.05, 0.1) is 18.5 Å². The van der Waals surface area contributed by atoms with Gasteiger partial charge in [0.2, 0.25) is 11.1 Å². The van der Waals surface area contributed by atoms with Gasteiger partial charge in [-0.05, 0) is 74.4 Å². The number of pyridine rings is 1. The average Bonchev–Trinajstić information content (AvgIpc) is 3.43. The van der Waals surface area contributed by atoms with E-state index in [2.05, 4.69) is 20.0 Å². The zero-order chi connectivity index (χ0) is 28.9. The van der Waals surface area contributed by atoms with Gasteiger partial charge >= 0.3 is 6.09 Å². The number of hydrogen-bond donors (Lipinski definition) is 2. The molecule has 0 spiro atoms. The highest BCUT2D eigenvalue weighted by molar-refractivity contribution is 7.89. The highest BCUT2D eigenvalue weighted by atomic mass is 35.5. The van der Waals surface area contributed by atoms with Crippen LogP contribution in [0, 0.1) is 0 Å². The van der Waals surface area contributed by atoms with Crippen molar-refractivity contribution in [1.29, 1.82) is 0 Å². The number of aliphatic imine (C=N–C) groups is 1. The largest absolute Gasteiger partial charge is 0.451 e. The molecule has 0 radical (unpaired) electrons. The van der Waals surface area contributed by atoms with Crippen LogP contribution >= 0.6 is 23.2 Å². The molecular weight excluding hydrogens is 575 g/mol. The third kappa shape index (κ3) is 7.84. The van der Waals surface area contributed by atoms with Crippen molar-refractivity contribution in [2.24, 2.45) is 4.99 Å². The SMILES string of the molecule is CC(C)(C)OC(=O)NC(=NCc1cnc(-c2ccc(Cl)cc2)c(-c2ccc(Cl)cc2)c1)NS(=O)(=O)c1ccco1. The van der Waals surface area contributed by atoms with Crippen LogP contribution in [0.2, 0.25) is 10.0 Å². The van der Waals surface area contributed by atoms with Crippen LogP contribution in [0.4, 0.5) is 4.79 Å². The highest BCUT2D eigenvalue weighted by Crippen LogP contribution is 2.32. The number of alkyl carbamates (subject to hydrolysis) is 1. The maximum Gasteiger partial charge on any atom is 0.414 e. The highest BCUT2D eigenvalue weighted by Gasteiger charge is 2.23. The van der Waals surface area contributed by atoms with Crippen molar-refractivity contribution in [3.05, 3.63) is 94.8 Å². The molecule has 4 rings (SSSR count). The van der Waals surface area contributed by atoms with Crippen LogP contribution in [0.5, 0.6) is 0 Å². The van der Waals surface area contributed by atoms with Crippen molar-refractivity contribution in [2.45, 2.75) is 38.0 Å². The van der Waals surface area contributed by atoms with Crippen LogP contribution in [0.15, 0.2) is 93.7 Å². The van der Waals surface area contributed by atoms with Gasteiger partial charge in [-0.3, -0.25) is 10.3 Å². The summed E-state index contributed by atoms with van der Waals surface area (Å²) in [4.78, 5) is 21.4. The fraction of sp³-hybridized carbons (Fsp3) is 0.179. The van der Waals surface area contributed by atoms with Crippen molar-refractivity contribution < 1.29 is 22.4 Å². The number of carbonyl (C=O) groups excluding carboxylic acids is 1. The maximum absolute atomic E-state index is 12.8. The Kier molecular flexibility index (Phi) is 8.82. The third-order valence-corrected chi connectivity index (χ3v) is 6.98. The number of guanidine groups is 1. The number of sulfonamides is 1. The molecule has 2 heterocycles. The number of amides is 1. The Morgan fingerprint density at radius 2 is 1.62 bits per heavy atom. The first-order chi connectivity index (χ1) is 18.9. The summed E-state index contributed by atoms with van der Waals surface area (Å²) in [6.45, 7) is 5.02. The Labute approximate surface area is 242 Å². The number of carbonyl (C=O) groups is 1. The molecule has 0 aliphatic heterocycles. The van der Waals surface area contributed by atoms with Crippen molar-refractivity contribution in [3.63, 3.8) is 0 Å². The second-order valence-electron chi connectivity index (χ2n) is 9.58. The number of nitrogens with one attached hydrogen (secondary N) is 2. The van der Waals surface area contributed by atoms with Crippen LogP contribution < -0.4 is 10.0 Å². The molecule has 12 heteroatoms. The summed E-state index contributed by atoms with van der Waals surface area (Å²) < 4.78 is 38.0. The van der Waals surface area contributed by atoms with Gasteiger partial charge in [0, 0.05) is 27.4 Å². The Morgan fingerprint density at radius 3 is 2.20 bits per heavy atom. The number of hydrogen-bond acceptors (Lipinski definition) is 7. The van der Waals surface area contributed by atoms with E-state index in [1.54, 1.807) is 51.2 Å². The monoisotopic (exact) mass is 600 g/mol. The quantitative estimate of drug-likeness (QED) is 0.188. The predicted octanol–water partition coefficient (Wildman–Crippen LogP) is 6.67. The second kappa shape index (κ2) is 12.1. The number of furan rings is 1. The van der Waals surface area contributed by atoms with Crippen LogP contribution in [0.25, 0.3) is 22.4 Å². The van der Waals surface area contributed by atoms with Gasteiger partial charge in [0.15, 0.2) is 0 Å². The zero-order valence-electron chi connectivity index (χ0n) is 21.8. The lowest BCUT2D eigenvalue weighted by atomic mass is 9.98. The lowest BCUT2D eigenvalue weighted by Crippen LogP contribution is -2.45. The molecule has 40 heavy (non-hydrogen) atoms. The van der Waals surface area contributed by atoms with E-state index in [9.17, 15) is 13.2 Å². The number of ether oxygens (including phenoxy) is 1. The van der Waals surface area contributed by atoms with E-state index in [0.29, 0.717) is 21.3 Å². The Bertz CT molecular complexity index is 1610. The predicted molar refractivity (Wildman–Crippen MR) is 155 cm³/mol. The second-order valence-corrected chi connectivity index (χ2v) is 12.1. The summed E-state index contributed by atoms with van der Waals surface area (Å²) in [5.41, 5.74) is 3.04. The van der Waals surface area contributed by atoms with E-state index in [0.717, 1.165) is 16.7 Å². The van der Waals surface area contributed by atoms with E-state index >= 15 is 0 Å². The molecule has 0 aliphatic rings. The third-order valence-electron chi connectivity index (χ3n) is 5.25. The number of aromatic nitrogens is 1. The summed E-state index contributed by atoms with van der Waals surface area (Å²) in [6.07, 6.45) is 1.96. The van der Waals surface area contributed by atoms with Crippen LogP contribution in [0.3, 0.4) is 0 Å². The zero-order valence-corrected chi connectivity index (χ0v) is 24.1. The first-order valence-electron chi connectivity index (χ1n) is 12.0. The van der Waals surface area contributed by atoms with Crippen molar-refractivity contribution >= 4 is 45.3 Å². The fourth-order valence-electron chi connectivity index (χ4n) is 3.54. The molecule has 9 nitrogen and oxygen atoms in total. The molecule has 1 amide bonds. The van der Waals surface area contributed by atoms with Gasteiger partial charge in [-0.1, -0.05) is 47.5 Å². The van der Waals surface area contributed by atoms with Crippen molar-refractivity contribution in [1.82, 2.24) is 15.0 Å². The minimum atomic E-state index is -4.17. The van der Waals surface area contributed by atoms with Gasteiger partial charge in [0.25, 0.3) is 10.0 Å². The summed E-state index contributed by atoms with van der Waals surface area (Å²) in [6, 6.07) is 19.2. The number of halogens is 2. The topological polar surface area (TPSA) is 123 Å². The van der Waals surface area contributed by atoms with Gasteiger partial charge in [0.1, 0.15) is 5.60 Å². The van der Waals surface area contributed by atoms with E-state index in [1.165, 1.54) is 18.4 Å². The minimum Gasteiger partial charge on any atom is -0.451 e. The van der Waals surface area contributed by atoms with Crippen LogP contribution in [0.1, 0.15) is 26.3 Å². The lowest BCUT2D eigenvalue weighted by Gasteiger charge is -2.20. The molecular formula is C28H26Cl2N4O5S. The molecule has 0 unspecified atom stereocenters. The van der Waals surface area contributed by atoms with Crippen LogP contribution in [-0.2, 0) is 21.3 Å². The minimum absolute atomic E-state index is 0.0275. The standard InChI is InChI=1S/C28H26Cl2N4O5S/c1-28(2,3)39-27(35)33-26(34-40(36,37)24-5-4-14-38-24)32-17-18-15-23(19-6-10-21(29)11-7-19)25(31-16-18)20-8-12-22(30)13-9-20/h4-16H,17H2,1-3H3,(H2,32,33,34,35). The first kappa shape index (κ1) is 29.1. The van der Waals surface area contributed by atoms with E-state index in [4.69, 9.17) is 32.4 Å². The maximum atomic E-state index is 12.8. The van der Waals surface area contributed by atoms with E-state index < -0.39 is 21.7 Å². The molecule has 2 aromatic carbocycles. The summed E-state index contributed by atoms with van der Waals surface area (Å²) >= 11 is 12.2.